The van der Waals surface area contributed by atoms with Gasteiger partial charge < -0.3 is 15.1 Å². The van der Waals surface area contributed by atoms with Crippen LogP contribution in [-0.2, 0) is 11.0 Å². The van der Waals surface area contributed by atoms with E-state index in [1.807, 2.05) is 0 Å². The van der Waals surface area contributed by atoms with Gasteiger partial charge in [0, 0.05) is 5.69 Å². The molecule has 0 aliphatic heterocycles. The average Bonchev–Trinajstić information content (AvgIpc) is 3.07. The van der Waals surface area contributed by atoms with E-state index in [2.05, 4.69) is 10.6 Å². The lowest BCUT2D eigenvalue weighted by atomic mass is 10.0. The van der Waals surface area contributed by atoms with Gasteiger partial charge in [-0.15, -0.1) is 0 Å². The van der Waals surface area contributed by atoms with Crippen LogP contribution < -0.4 is 10.6 Å². The Morgan fingerprint density at radius 3 is 2.42 bits per heavy atom. The summed E-state index contributed by atoms with van der Waals surface area (Å²) in [5, 5.41) is 4.40. The highest BCUT2D eigenvalue weighted by Crippen LogP contribution is 2.36. The molecular formula is C17H16ClF3N2O3. The second-order valence-electron chi connectivity index (χ2n) is 5.85. The van der Waals surface area contributed by atoms with E-state index in [-0.39, 0.29) is 17.4 Å². The molecule has 2 rings (SSSR count). The summed E-state index contributed by atoms with van der Waals surface area (Å²) in [5.41, 5.74) is -1.14. The minimum absolute atomic E-state index is 0.0225. The number of rotatable bonds is 5. The number of hydrogen-bond acceptors (Lipinski definition) is 3. The fourth-order valence-electron chi connectivity index (χ4n) is 2.20. The van der Waals surface area contributed by atoms with Gasteiger partial charge in [-0.25, -0.2) is 0 Å². The Hall–Kier alpha value is -2.48. The zero-order valence-electron chi connectivity index (χ0n) is 13.9. The third-order valence-electron chi connectivity index (χ3n) is 3.52. The fraction of sp³-hybridized carbons (Fsp3) is 0.294. The second-order valence-corrected chi connectivity index (χ2v) is 6.26. The van der Waals surface area contributed by atoms with Gasteiger partial charge in [-0.05, 0) is 36.2 Å². The van der Waals surface area contributed by atoms with Crippen molar-refractivity contribution >= 4 is 29.1 Å². The van der Waals surface area contributed by atoms with Crippen molar-refractivity contribution in [2.75, 3.05) is 5.32 Å². The Kier molecular flexibility index (Phi) is 5.97. The highest BCUT2D eigenvalue weighted by atomic mass is 35.5. The Labute approximate surface area is 152 Å². The van der Waals surface area contributed by atoms with Gasteiger partial charge in [0.2, 0.25) is 5.91 Å². The number of anilines is 1. The van der Waals surface area contributed by atoms with E-state index in [0.717, 1.165) is 12.1 Å². The highest BCUT2D eigenvalue weighted by molar-refractivity contribution is 6.31. The van der Waals surface area contributed by atoms with Crippen LogP contribution in [0.4, 0.5) is 18.9 Å². The molecule has 9 heteroatoms. The zero-order chi connectivity index (χ0) is 19.5. The Morgan fingerprint density at radius 1 is 1.19 bits per heavy atom. The van der Waals surface area contributed by atoms with E-state index in [1.54, 1.807) is 13.8 Å². The molecule has 2 amide bonds. The normalized spacial score (nSPS) is 12.7. The number of furan rings is 1. The molecule has 2 aromatic rings. The summed E-state index contributed by atoms with van der Waals surface area (Å²) in [5.74, 6) is -1.55. The van der Waals surface area contributed by atoms with Crippen LogP contribution in [0.5, 0.6) is 0 Å². The summed E-state index contributed by atoms with van der Waals surface area (Å²) >= 11 is 5.56. The molecule has 0 bridgehead atoms. The largest absolute Gasteiger partial charge is 0.459 e. The molecule has 26 heavy (non-hydrogen) atoms. The van der Waals surface area contributed by atoms with Crippen LogP contribution in [0.1, 0.15) is 30.0 Å². The van der Waals surface area contributed by atoms with Gasteiger partial charge in [0.15, 0.2) is 5.76 Å². The smallest absolute Gasteiger partial charge is 0.417 e. The summed E-state index contributed by atoms with van der Waals surface area (Å²) in [6.45, 7) is 3.38. The van der Waals surface area contributed by atoms with Crippen molar-refractivity contribution in [3.05, 3.63) is 52.9 Å². The maximum absolute atomic E-state index is 12.9. The van der Waals surface area contributed by atoms with Crippen LogP contribution in [0.3, 0.4) is 0 Å². The van der Waals surface area contributed by atoms with Gasteiger partial charge >= 0.3 is 6.18 Å². The number of hydrogen-bond donors (Lipinski definition) is 2. The first-order valence-corrected chi connectivity index (χ1v) is 7.99. The maximum Gasteiger partial charge on any atom is 0.417 e. The maximum atomic E-state index is 12.9. The Morgan fingerprint density at radius 2 is 1.88 bits per heavy atom. The topological polar surface area (TPSA) is 71.3 Å². The number of alkyl halides is 3. The lowest BCUT2D eigenvalue weighted by Crippen LogP contribution is -2.47. The van der Waals surface area contributed by atoms with Gasteiger partial charge in [-0.2, -0.15) is 13.2 Å². The first-order chi connectivity index (χ1) is 12.1. The Balaban J connectivity index is 2.16. The molecule has 0 spiro atoms. The molecule has 0 aliphatic rings. The first-order valence-electron chi connectivity index (χ1n) is 7.61. The lowest BCUT2D eigenvalue weighted by Gasteiger charge is -2.21. The van der Waals surface area contributed by atoms with Gasteiger partial charge in [0.25, 0.3) is 5.91 Å². The summed E-state index contributed by atoms with van der Waals surface area (Å²) in [6.07, 6.45) is -3.34. The van der Waals surface area contributed by atoms with Gasteiger partial charge in [0.05, 0.1) is 16.8 Å². The lowest BCUT2D eigenvalue weighted by molar-refractivity contribution is -0.137. The molecular weight excluding hydrogens is 373 g/mol. The van der Waals surface area contributed by atoms with Crippen molar-refractivity contribution in [1.29, 1.82) is 0 Å². The predicted molar refractivity (Wildman–Crippen MR) is 89.9 cm³/mol. The molecule has 0 fully saturated rings. The first kappa shape index (κ1) is 19.8. The Bertz CT molecular complexity index is 789. The minimum atomic E-state index is -4.65. The van der Waals surface area contributed by atoms with Crippen LogP contribution in [0, 0.1) is 5.92 Å². The number of benzene rings is 1. The van der Waals surface area contributed by atoms with Gasteiger partial charge in [0.1, 0.15) is 6.04 Å². The van der Waals surface area contributed by atoms with Gasteiger partial charge in [-0.1, -0.05) is 25.4 Å². The SMILES string of the molecule is CC(C)[C@H](NC(=O)c1ccco1)C(=O)Nc1ccc(Cl)c(C(F)(F)F)c1. The van der Waals surface area contributed by atoms with E-state index in [4.69, 9.17) is 16.0 Å². The molecule has 1 atom stereocenters. The standard InChI is InChI=1S/C17H16ClF3N2O3/c1-9(2)14(23-15(24)13-4-3-7-26-13)16(25)22-10-5-6-12(18)11(8-10)17(19,20)21/h3-9,14H,1-2H3,(H,22,25)(H,23,24)/t14-/m0/s1. The van der Waals surface area contributed by atoms with E-state index in [0.29, 0.717) is 0 Å². The molecule has 1 aromatic carbocycles. The summed E-state index contributed by atoms with van der Waals surface area (Å²) < 4.78 is 43.7. The van der Waals surface area contributed by atoms with Crippen molar-refractivity contribution in [1.82, 2.24) is 5.32 Å². The quantitative estimate of drug-likeness (QED) is 0.800. The second kappa shape index (κ2) is 7.82. The zero-order valence-corrected chi connectivity index (χ0v) is 14.6. The fourth-order valence-corrected chi connectivity index (χ4v) is 2.42. The number of halogens is 4. The predicted octanol–water partition coefficient (Wildman–Crippen LogP) is 4.34. The average molecular weight is 389 g/mol. The molecule has 0 aliphatic carbocycles. The highest BCUT2D eigenvalue weighted by Gasteiger charge is 2.34. The summed E-state index contributed by atoms with van der Waals surface area (Å²) in [7, 11) is 0. The van der Waals surface area contributed by atoms with E-state index in [1.165, 1.54) is 24.5 Å². The third-order valence-corrected chi connectivity index (χ3v) is 3.85. The van der Waals surface area contributed by atoms with Crippen molar-refractivity contribution in [3.8, 4) is 0 Å². The van der Waals surface area contributed by atoms with E-state index < -0.39 is 34.6 Å². The van der Waals surface area contributed by atoms with E-state index in [9.17, 15) is 22.8 Å². The molecule has 0 saturated heterocycles. The molecule has 5 nitrogen and oxygen atoms in total. The molecule has 1 heterocycles. The van der Waals surface area contributed by atoms with Crippen molar-refractivity contribution < 1.29 is 27.2 Å². The summed E-state index contributed by atoms with van der Waals surface area (Å²) in [6, 6.07) is 5.02. The molecule has 1 aromatic heterocycles. The molecule has 0 radical (unpaired) electrons. The van der Waals surface area contributed by atoms with Crippen LogP contribution >= 0.6 is 11.6 Å². The van der Waals surface area contributed by atoms with E-state index >= 15 is 0 Å². The van der Waals surface area contributed by atoms with Crippen molar-refractivity contribution in [2.24, 2.45) is 5.92 Å². The van der Waals surface area contributed by atoms with Crippen LogP contribution in [0.2, 0.25) is 5.02 Å². The molecule has 2 N–H and O–H groups in total. The van der Waals surface area contributed by atoms with Crippen molar-refractivity contribution in [2.45, 2.75) is 26.1 Å². The number of carbonyl (C=O) groups excluding carboxylic acids is 2. The van der Waals surface area contributed by atoms with Crippen LogP contribution in [0.15, 0.2) is 41.0 Å². The number of carbonyl (C=O) groups is 2. The number of amides is 2. The van der Waals surface area contributed by atoms with Crippen LogP contribution in [-0.4, -0.2) is 17.9 Å². The van der Waals surface area contributed by atoms with Crippen LogP contribution in [0.25, 0.3) is 0 Å². The molecule has 0 unspecified atom stereocenters. The van der Waals surface area contributed by atoms with Gasteiger partial charge in [-0.3, -0.25) is 9.59 Å². The monoisotopic (exact) mass is 388 g/mol. The molecule has 140 valence electrons. The minimum Gasteiger partial charge on any atom is -0.459 e. The third kappa shape index (κ3) is 4.78. The summed E-state index contributed by atoms with van der Waals surface area (Å²) in [4.78, 5) is 24.5. The molecule has 0 saturated carbocycles. The van der Waals surface area contributed by atoms with Crippen molar-refractivity contribution in [3.63, 3.8) is 0 Å². The number of nitrogens with one attached hydrogen (secondary N) is 2.